The highest BCUT2D eigenvalue weighted by molar-refractivity contribution is 6.39. The molecule has 1 N–H and O–H groups in total. The molecule has 1 amide bonds. The van der Waals surface area contributed by atoms with E-state index < -0.39 is 53.1 Å². The molecule has 3 aliphatic carbocycles. The van der Waals surface area contributed by atoms with E-state index in [1.54, 1.807) is 6.92 Å². The van der Waals surface area contributed by atoms with E-state index in [2.05, 4.69) is 17.0 Å². The highest BCUT2D eigenvalue weighted by Gasteiger charge is 2.53. The van der Waals surface area contributed by atoms with Crippen LogP contribution in [0.4, 0.5) is 13.2 Å². The molecule has 42 heavy (non-hydrogen) atoms. The van der Waals surface area contributed by atoms with Crippen LogP contribution in [0.3, 0.4) is 0 Å². The number of carbonyl (C=O) groups is 3. The summed E-state index contributed by atoms with van der Waals surface area (Å²) in [6, 6.07) is -0.718. The van der Waals surface area contributed by atoms with E-state index in [9.17, 15) is 32.7 Å². The zero-order valence-corrected chi connectivity index (χ0v) is 25.0. The average Bonchev–Trinajstić information content (AvgIpc) is 3.59. The number of alkyl halides is 3. The second-order valence-electron chi connectivity index (χ2n) is 13.0. The van der Waals surface area contributed by atoms with Crippen molar-refractivity contribution < 1.29 is 32.7 Å². The van der Waals surface area contributed by atoms with Crippen molar-refractivity contribution in [1.82, 2.24) is 19.7 Å². The standard InChI is InChI=1S/C29H33Cl2F3N4O4/c1-26-7-9-28(15-26,10-8-26)16-37(14-21(39)22-19(30)12-35-13-20(22)31)24(40)18-11-36-38(23(18)29(32,33)34)17-3-5-27(2,6-4-17)25(41)42/h11-13,17H,3-10,14-16H2,1-2H3,(H,41,42)/t17?,26-,27?,28+. The minimum absolute atomic E-state index is 0.0122. The van der Waals surface area contributed by atoms with Gasteiger partial charge in [0.1, 0.15) is 0 Å². The van der Waals surface area contributed by atoms with Crippen LogP contribution in [0.2, 0.25) is 10.0 Å². The van der Waals surface area contributed by atoms with Crippen LogP contribution in [0.1, 0.15) is 104 Å². The van der Waals surface area contributed by atoms with Gasteiger partial charge in [-0.05, 0) is 75.5 Å². The predicted molar refractivity (Wildman–Crippen MR) is 149 cm³/mol. The summed E-state index contributed by atoms with van der Waals surface area (Å²) in [5.74, 6) is -2.53. The summed E-state index contributed by atoms with van der Waals surface area (Å²) in [6.45, 7) is 3.38. The summed E-state index contributed by atoms with van der Waals surface area (Å²) >= 11 is 12.4. The lowest BCUT2D eigenvalue weighted by Crippen LogP contribution is -2.43. The number of aliphatic carboxylic acids is 1. The van der Waals surface area contributed by atoms with Gasteiger partial charge >= 0.3 is 12.1 Å². The molecule has 0 spiro atoms. The van der Waals surface area contributed by atoms with Crippen LogP contribution in [-0.4, -0.2) is 55.5 Å². The van der Waals surface area contributed by atoms with Crippen LogP contribution < -0.4 is 0 Å². The number of carboxylic acid groups (broad SMARTS) is 1. The minimum Gasteiger partial charge on any atom is -0.481 e. The molecule has 0 unspecified atom stereocenters. The second-order valence-corrected chi connectivity index (χ2v) is 13.8. The number of carboxylic acids is 1. The summed E-state index contributed by atoms with van der Waals surface area (Å²) in [4.78, 5) is 44.2. The Morgan fingerprint density at radius 2 is 1.62 bits per heavy atom. The number of hydrogen-bond donors (Lipinski definition) is 1. The first-order valence-corrected chi connectivity index (χ1v) is 14.8. The van der Waals surface area contributed by atoms with Gasteiger partial charge in [0.15, 0.2) is 11.5 Å². The van der Waals surface area contributed by atoms with Crippen molar-refractivity contribution in [2.75, 3.05) is 13.1 Å². The Labute approximate surface area is 251 Å². The fourth-order valence-electron chi connectivity index (χ4n) is 7.34. The monoisotopic (exact) mass is 628 g/mol. The summed E-state index contributed by atoms with van der Waals surface area (Å²) in [5, 5.41) is 13.5. The Morgan fingerprint density at radius 1 is 1.02 bits per heavy atom. The lowest BCUT2D eigenvalue weighted by molar-refractivity contribution is -0.152. The van der Waals surface area contributed by atoms with E-state index >= 15 is 0 Å². The number of carbonyl (C=O) groups excluding carboxylic acids is 2. The number of fused-ring (bicyclic) bond motifs is 2. The van der Waals surface area contributed by atoms with Crippen LogP contribution in [0.25, 0.3) is 0 Å². The van der Waals surface area contributed by atoms with E-state index in [0.29, 0.717) is 0 Å². The number of rotatable bonds is 8. The number of nitrogens with zero attached hydrogens (tertiary/aromatic N) is 4. The van der Waals surface area contributed by atoms with Gasteiger partial charge in [-0.25, -0.2) is 0 Å². The van der Waals surface area contributed by atoms with Crippen LogP contribution >= 0.6 is 23.2 Å². The van der Waals surface area contributed by atoms with Gasteiger partial charge in [-0.15, -0.1) is 0 Å². The molecule has 0 aromatic carbocycles. The first-order chi connectivity index (χ1) is 19.6. The van der Waals surface area contributed by atoms with Crippen molar-refractivity contribution >= 4 is 40.9 Å². The molecule has 2 heterocycles. The molecular formula is C29H33Cl2F3N4O4. The molecule has 0 radical (unpaired) electrons. The molecule has 0 aliphatic heterocycles. The maximum atomic E-state index is 14.6. The smallest absolute Gasteiger partial charge is 0.433 e. The number of halogens is 5. The molecule has 228 valence electrons. The number of hydrogen-bond acceptors (Lipinski definition) is 5. The Hall–Kier alpha value is -2.66. The topological polar surface area (TPSA) is 105 Å². The molecule has 5 rings (SSSR count). The zero-order valence-electron chi connectivity index (χ0n) is 23.4. The average molecular weight is 630 g/mol. The summed E-state index contributed by atoms with van der Waals surface area (Å²) in [7, 11) is 0. The first kappa shape index (κ1) is 30.8. The molecule has 13 heteroatoms. The van der Waals surface area contributed by atoms with Crippen molar-refractivity contribution in [2.45, 2.75) is 83.9 Å². The maximum absolute atomic E-state index is 14.6. The Balaban J connectivity index is 1.49. The third kappa shape index (κ3) is 5.66. The lowest BCUT2D eigenvalue weighted by atomic mass is 9.74. The molecule has 3 fully saturated rings. The van der Waals surface area contributed by atoms with Crippen LogP contribution in [0, 0.1) is 16.2 Å². The predicted octanol–water partition coefficient (Wildman–Crippen LogP) is 7.11. The summed E-state index contributed by atoms with van der Waals surface area (Å²) < 4.78 is 44.6. The molecule has 3 aliphatic rings. The molecule has 8 nitrogen and oxygen atoms in total. The van der Waals surface area contributed by atoms with Crippen molar-refractivity contribution in [2.24, 2.45) is 16.2 Å². The van der Waals surface area contributed by atoms with Gasteiger partial charge in [-0.3, -0.25) is 24.0 Å². The van der Waals surface area contributed by atoms with E-state index in [4.69, 9.17) is 23.2 Å². The summed E-state index contributed by atoms with van der Waals surface area (Å²) in [5.41, 5.74) is -3.07. The number of pyridine rings is 1. The molecule has 3 saturated carbocycles. The normalized spacial score (nSPS) is 29.1. The quantitative estimate of drug-likeness (QED) is 0.312. The van der Waals surface area contributed by atoms with Gasteiger partial charge in [0.2, 0.25) is 0 Å². The van der Waals surface area contributed by atoms with Gasteiger partial charge in [0, 0.05) is 18.9 Å². The van der Waals surface area contributed by atoms with Gasteiger partial charge in [-0.2, -0.15) is 18.3 Å². The van der Waals surface area contributed by atoms with Crippen molar-refractivity contribution in [1.29, 1.82) is 0 Å². The molecule has 2 aromatic heterocycles. The SMILES string of the molecule is CC1(C(=O)O)CCC(n2ncc(C(=O)N(CC(=O)c3c(Cl)cncc3Cl)C[C@]34CC[C@@](C)(CC3)C4)c2C(F)(F)F)CC1. The Bertz CT molecular complexity index is 1390. The van der Waals surface area contributed by atoms with Gasteiger partial charge in [0.05, 0.1) is 45.4 Å². The second kappa shape index (κ2) is 10.8. The number of Topliss-reactive ketones (excluding diaryl/α,β-unsaturated/α-hetero) is 1. The van der Waals surface area contributed by atoms with Gasteiger partial charge in [0.25, 0.3) is 5.91 Å². The molecule has 0 atom stereocenters. The first-order valence-electron chi connectivity index (χ1n) is 14.1. The van der Waals surface area contributed by atoms with Gasteiger partial charge in [-0.1, -0.05) is 30.1 Å². The Morgan fingerprint density at radius 3 is 2.12 bits per heavy atom. The third-order valence-corrected chi connectivity index (χ3v) is 10.4. The van der Waals surface area contributed by atoms with Gasteiger partial charge < -0.3 is 10.0 Å². The molecule has 2 aromatic rings. The van der Waals surface area contributed by atoms with Crippen molar-refractivity contribution in [3.05, 3.63) is 45.5 Å². The fourth-order valence-corrected chi connectivity index (χ4v) is 7.91. The molecule has 2 bridgehead atoms. The van der Waals surface area contributed by atoms with E-state index in [1.165, 1.54) is 17.3 Å². The van der Waals surface area contributed by atoms with Crippen LogP contribution in [-0.2, 0) is 11.0 Å². The van der Waals surface area contributed by atoms with Crippen molar-refractivity contribution in [3.8, 4) is 0 Å². The highest BCUT2D eigenvalue weighted by atomic mass is 35.5. The number of ketones is 1. The molecule has 0 saturated heterocycles. The molecular weight excluding hydrogens is 596 g/mol. The van der Waals surface area contributed by atoms with Crippen molar-refractivity contribution in [3.63, 3.8) is 0 Å². The van der Waals surface area contributed by atoms with E-state index in [0.717, 1.165) is 43.0 Å². The minimum atomic E-state index is -4.92. The largest absolute Gasteiger partial charge is 0.481 e. The number of aromatic nitrogens is 3. The van der Waals surface area contributed by atoms with Crippen LogP contribution in [0.5, 0.6) is 0 Å². The summed E-state index contributed by atoms with van der Waals surface area (Å²) in [6.07, 6.45) is 3.56. The fraction of sp³-hybridized carbons (Fsp3) is 0.621. The highest BCUT2D eigenvalue weighted by Crippen LogP contribution is 2.61. The zero-order chi connectivity index (χ0) is 30.7. The van der Waals surface area contributed by atoms with E-state index in [-0.39, 0.29) is 58.7 Å². The lowest BCUT2D eigenvalue weighted by Gasteiger charge is -2.35. The Kier molecular flexibility index (Phi) is 7.92. The maximum Gasteiger partial charge on any atom is 0.433 e. The number of amides is 1. The van der Waals surface area contributed by atoms with Crippen LogP contribution in [0.15, 0.2) is 18.6 Å². The van der Waals surface area contributed by atoms with E-state index in [1.807, 2.05) is 0 Å². The third-order valence-electron chi connectivity index (χ3n) is 9.81.